The first kappa shape index (κ1) is 10.8. The smallest absolute Gasteiger partial charge is 0.0712 e. The number of aryl methyl sites for hydroxylation is 2. The fourth-order valence-corrected chi connectivity index (χ4v) is 2.08. The summed E-state index contributed by atoms with van der Waals surface area (Å²) in [6.07, 6.45) is 7.33. The summed E-state index contributed by atoms with van der Waals surface area (Å²) < 4.78 is 0. The highest BCUT2D eigenvalue weighted by Gasteiger charge is 2.03. The fourth-order valence-electron chi connectivity index (χ4n) is 2.08. The number of pyridine rings is 1. The molecule has 88 valence electrons. The molecular weight excluding hydrogens is 222 g/mol. The molecule has 1 aromatic carbocycles. The van der Waals surface area contributed by atoms with Crippen LogP contribution in [0.5, 0.6) is 0 Å². The predicted octanol–water partition coefficient (Wildman–Crippen LogP) is 2.81. The molecule has 0 bridgehead atoms. The lowest BCUT2D eigenvalue weighted by atomic mass is 10.1. The average molecular weight is 235 g/mol. The molecule has 0 aliphatic heterocycles. The number of hydrogen-bond donors (Lipinski definition) is 0. The molecule has 3 heteroatoms. The zero-order valence-corrected chi connectivity index (χ0v) is 9.95. The Bertz CT molecular complexity index is 645. The lowest BCUT2D eigenvalue weighted by Crippen LogP contribution is -1.97. The highest BCUT2D eigenvalue weighted by Crippen LogP contribution is 2.16. The van der Waals surface area contributed by atoms with E-state index in [2.05, 4.69) is 33.4 Å². The lowest BCUT2D eigenvalue weighted by Gasteiger charge is -2.04. The van der Waals surface area contributed by atoms with E-state index in [0.29, 0.717) is 0 Å². The third-order valence-electron chi connectivity index (χ3n) is 3.02. The summed E-state index contributed by atoms with van der Waals surface area (Å²) in [7, 11) is 0. The van der Waals surface area contributed by atoms with Gasteiger partial charge >= 0.3 is 0 Å². The highest BCUT2D eigenvalue weighted by molar-refractivity contribution is 5.83. The third-order valence-corrected chi connectivity index (χ3v) is 3.02. The van der Waals surface area contributed by atoms with Gasteiger partial charge in [0.25, 0.3) is 0 Å². The molecule has 3 aromatic rings. The molecule has 18 heavy (non-hydrogen) atoms. The van der Waals surface area contributed by atoms with E-state index in [4.69, 9.17) is 0 Å². The zero-order chi connectivity index (χ0) is 12.2. The Hall–Kier alpha value is -2.29. The Morgan fingerprint density at radius 1 is 0.889 bits per heavy atom. The Kier molecular flexibility index (Phi) is 2.96. The van der Waals surface area contributed by atoms with Crippen LogP contribution in [0.2, 0.25) is 0 Å². The Labute approximate surface area is 106 Å². The molecule has 0 spiro atoms. The minimum atomic E-state index is 0.889. The van der Waals surface area contributed by atoms with Gasteiger partial charge in [0.05, 0.1) is 11.9 Å². The second-order valence-corrected chi connectivity index (χ2v) is 4.24. The fraction of sp³-hybridized carbons (Fsp3) is 0.133. The van der Waals surface area contributed by atoms with E-state index in [0.717, 1.165) is 23.9 Å². The van der Waals surface area contributed by atoms with Gasteiger partial charge in [0.15, 0.2) is 0 Å². The van der Waals surface area contributed by atoms with E-state index in [1.807, 2.05) is 30.6 Å². The molecule has 0 saturated heterocycles. The van der Waals surface area contributed by atoms with Crippen molar-refractivity contribution in [1.82, 2.24) is 15.2 Å². The Morgan fingerprint density at radius 3 is 2.72 bits per heavy atom. The van der Waals surface area contributed by atoms with E-state index in [1.54, 1.807) is 6.20 Å². The van der Waals surface area contributed by atoms with Crippen molar-refractivity contribution < 1.29 is 0 Å². The molecule has 0 amide bonds. The maximum Gasteiger partial charge on any atom is 0.0712 e. The molecule has 0 fully saturated rings. The van der Waals surface area contributed by atoms with Crippen LogP contribution >= 0.6 is 0 Å². The maximum atomic E-state index is 4.25. The average Bonchev–Trinajstić information content (AvgIpc) is 2.46. The van der Waals surface area contributed by atoms with Gasteiger partial charge in [-0.1, -0.05) is 30.3 Å². The van der Waals surface area contributed by atoms with Gasteiger partial charge in [-0.2, -0.15) is 10.2 Å². The van der Waals surface area contributed by atoms with E-state index < -0.39 is 0 Å². The molecule has 3 nitrogen and oxygen atoms in total. The van der Waals surface area contributed by atoms with Gasteiger partial charge in [0.1, 0.15) is 0 Å². The Balaban J connectivity index is 1.87. The largest absolute Gasteiger partial charge is 0.264 e. The topological polar surface area (TPSA) is 38.7 Å². The van der Waals surface area contributed by atoms with Crippen molar-refractivity contribution in [3.8, 4) is 0 Å². The first-order valence-electron chi connectivity index (χ1n) is 6.02. The van der Waals surface area contributed by atoms with Crippen LogP contribution in [0.15, 0.2) is 55.0 Å². The monoisotopic (exact) mass is 235 g/mol. The summed E-state index contributed by atoms with van der Waals surface area (Å²) in [4.78, 5) is 4.12. The van der Waals surface area contributed by atoms with Gasteiger partial charge in [0.2, 0.25) is 0 Å². The van der Waals surface area contributed by atoms with Crippen LogP contribution in [0, 0.1) is 0 Å². The van der Waals surface area contributed by atoms with Crippen LogP contribution in [-0.2, 0) is 12.8 Å². The number of hydrogen-bond acceptors (Lipinski definition) is 3. The predicted molar refractivity (Wildman–Crippen MR) is 71.2 cm³/mol. The maximum absolute atomic E-state index is 4.25. The van der Waals surface area contributed by atoms with E-state index in [9.17, 15) is 0 Å². The van der Waals surface area contributed by atoms with Gasteiger partial charge in [-0.05, 0) is 24.5 Å². The van der Waals surface area contributed by atoms with Crippen LogP contribution in [0.4, 0.5) is 0 Å². The number of nitrogens with zero attached hydrogens (tertiary/aromatic N) is 3. The summed E-state index contributed by atoms with van der Waals surface area (Å²) in [5.74, 6) is 0. The molecule has 0 saturated carbocycles. The van der Waals surface area contributed by atoms with Crippen molar-refractivity contribution in [3.05, 3.63) is 66.2 Å². The number of fused-ring (bicyclic) bond motifs is 1. The first-order chi connectivity index (χ1) is 8.93. The summed E-state index contributed by atoms with van der Waals surface area (Å²) in [5, 5.41) is 10.6. The van der Waals surface area contributed by atoms with Crippen molar-refractivity contribution in [2.24, 2.45) is 0 Å². The summed E-state index contributed by atoms with van der Waals surface area (Å²) in [6.45, 7) is 0. The second-order valence-electron chi connectivity index (χ2n) is 4.24. The second kappa shape index (κ2) is 4.92. The molecule has 2 heterocycles. The number of benzene rings is 1. The SMILES string of the molecule is c1cncc(CCc2nncc3ccccc23)c1. The molecule has 0 radical (unpaired) electrons. The van der Waals surface area contributed by atoms with Crippen LogP contribution < -0.4 is 0 Å². The van der Waals surface area contributed by atoms with Crippen molar-refractivity contribution in [1.29, 1.82) is 0 Å². The zero-order valence-electron chi connectivity index (χ0n) is 9.95. The molecule has 2 aromatic heterocycles. The number of aromatic nitrogens is 3. The van der Waals surface area contributed by atoms with E-state index in [1.165, 1.54) is 10.9 Å². The van der Waals surface area contributed by atoms with E-state index in [-0.39, 0.29) is 0 Å². The quantitative estimate of drug-likeness (QED) is 0.700. The molecule has 0 aliphatic carbocycles. The van der Waals surface area contributed by atoms with Gasteiger partial charge in [-0.25, -0.2) is 0 Å². The molecule has 0 unspecified atom stereocenters. The van der Waals surface area contributed by atoms with Gasteiger partial charge in [-0.15, -0.1) is 0 Å². The normalized spacial score (nSPS) is 10.7. The van der Waals surface area contributed by atoms with Crippen molar-refractivity contribution in [2.45, 2.75) is 12.8 Å². The van der Waals surface area contributed by atoms with Crippen molar-refractivity contribution in [2.75, 3.05) is 0 Å². The van der Waals surface area contributed by atoms with E-state index >= 15 is 0 Å². The van der Waals surface area contributed by atoms with Gasteiger partial charge in [-0.3, -0.25) is 4.98 Å². The standard InChI is InChI=1S/C15H13N3/c1-2-6-14-13(5-1)11-17-18-15(14)8-7-12-4-3-9-16-10-12/h1-6,9-11H,7-8H2. The summed E-state index contributed by atoms with van der Waals surface area (Å²) >= 11 is 0. The minimum absolute atomic E-state index is 0.889. The Morgan fingerprint density at radius 2 is 1.83 bits per heavy atom. The molecule has 0 aliphatic rings. The minimum Gasteiger partial charge on any atom is -0.264 e. The molecular formula is C15H13N3. The lowest BCUT2D eigenvalue weighted by molar-refractivity contribution is 0.871. The molecule has 0 atom stereocenters. The summed E-state index contributed by atoms with van der Waals surface area (Å²) in [6, 6.07) is 12.3. The van der Waals surface area contributed by atoms with Crippen molar-refractivity contribution >= 4 is 10.8 Å². The molecule has 3 rings (SSSR count). The third kappa shape index (κ3) is 2.20. The van der Waals surface area contributed by atoms with Crippen LogP contribution in [-0.4, -0.2) is 15.2 Å². The van der Waals surface area contributed by atoms with Crippen LogP contribution in [0.25, 0.3) is 10.8 Å². The first-order valence-corrected chi connectivity index (χ1v) is 6.02. The summed E-state index contributed by atoms with van der Waals surface area (Å²) in [5.41, 5.74) is 2.28. The highest BCUT2D eigenvalue weighted by atomic mass is 15.1. The van der Waals surface area contributed by atoms with Gasteiger partial charge < -0.3 is 0 Å². The van der Waals surface area contributed by atoms with Gasteiger partial charge in [0, 0.05) is 23.2 Å². The molecule has 0 N–H and O–H groups in total. The van der Waals surface area contributed by atoms with Crippen LogP contribution in [0.3, 0.4) is 0 Å². The van der Waals surface area contributed by atoms with Crippen molar-refractivity contribution in [3.63, 3.8) is 0 Å². The number of rotatable bonds is 3. The van der Waals surface area contributed by atoms with Crippen LogP contribution in [0.1, 0.15) is 11.3 Å².